The van der Waals surface area contributed by atoms with Crippen molar-refractivity contribution in [2.45, 2.75) is 13.5 Å². The van der Waals surface area contributed by atoms with Crippen molar-refractivity contribution in [3.05, 3.63) is 35.9 Å². The number of nitrogens with zero attached hydrogens (tertiary/aromatic N) is 1. The van der Waals surface area contributed by atoms with Crippen LogP contribution < -0.4 is 5.32 Å². The Morgan fingerprint density at radius 3 is 2.39 bits per heavy atom. The zero-order chi connectivity index (χ0) is 12.4. The van der Waals surface area contributed by atoms with Gasteiger partial charge < -0.3 is 0 Å². The molecule has 0 saturated carbocycles. The van der Waals surface area contributed by atoms with Crippen LogP contribution in [-0.2, 0) is 16.1 Å². The Hall–Kier alpha value is -1.17. The molecule has 0 aliphatic carbocycles. The number of nitrogens with one attached hydrogen (secondary N) is 1. The van der Waals surface area contributed by atoms with Gasteiger partial charge in [-0.3, -0.25) is 19.8 Å². The molecule has 1 radical (unpaired) electrons. The molecule has 2 rings (SSSR count). The normalized spacial score (nSPS) is 19.3. The number of carbonyl (C=O) groups is 3. The molecule has 1 fully saturated rings. The van der Waals surface area contributed by atoms with Crippen LogP contribution in [0.5, 0.6) is 0 Å². The largest absolute Gasteiger partial charge is 0.331 e. The van der Waals surface area contributed by atoms with Crippen LogP contribution in [0.15, 0.2) is 30.3 Å². The molecule has 5 nitrogen and oxygen atoms in total. The van der Waals surface area contributed by atoms with Crippen LogP contribution >= 0.6 is 0 Å². The first-order valence-corrected chi connectivity index (χ1v) is 5.29. The third-order valence-electron chi connectivity index (χ3n) is 2.69. The molecule has 1 N–H and O–H groups in total. The van der Waals surface area contributed by atoms with E-state index >= 15 is 0 Å². The van der Waals surface area contributed by atoms with E-state index in [1.54, 1.807) is 0 Å². The Balaban J connectivity index is 0.00000162. The molecule has 0 bridgehead atoms. The van der Waals surface area contributed by atoms with Crippen molar-refractivity contribution >= 4 is 47.4 Å². The van der Waals surface area contributed by atoms with E-state index in [0.29, 0.717) is 0 Å². The molecule has 1 heterocycles. The van der Waals surface area contributed by atoms with E-state index in [1.807, 2.05) is 30.3 Å². The molecule has 6 heteroatoms. The van der Waals surface area contributed by atoms with Crippen molar-refractivity contribution in [2.24, 2.45) is 5.92 Å². The maximum atomic E-state index is 11.8. The second-order valence-electron chi connectivity index (χ2n) is 3.93. The zero-order valence-corrected chi connectivity index (χ0v) is 12.3. The van der Waals surface area contributed by atoms with Gasteiger partial charge in [0.15, 0.2) is 0 Å². The minimum absolute atomic E-state index is 0. The maximum Gasteiger partial charge on any atom is 0.331 e. The van der Waals surface area contributed by atoms with Gasteiger partial charge in [-0.15, -0.1) is 0 Å². The average molecular weight is 255 g/mol. The van der Waals surface area contributed by atoms with Crippen molar-refractivity contribution in [1.29, 1.82) is 0 Å². The van der Waals surface area contributed by atoms with Gasteiger partial charge in [-0.05, 0) is 12.5 Å². The van der Waals surface area contributed by atoms with Crippen molar-refractivity contribution in [3.8, 4) is 0 Å². The van der Waals surface area contributed by atoms with Crippen LogP contribution in [0.25, 0.3) is 0 Å². The van der Waals surface area contributed by atoms with Gasteiger partial charge in [0.1, 0.15) is 5.92 Å². The Labute approximate surface area is 127 Å². The summed E-state index contributed by atoms with van der Waals surface area (Å²) in [5.74, 6) is -1.80. The van der Waals surface area contributed by atoms with Gasteiger partial charge in [0, 0.05) is 29.6 Å². The maximum absolute atomic E-state index is 11.8. The molecule has 89 valence electrons. The summed E-state index contributed by atoms with van der Waals surface area (Å²) < 4.78 is 0. The van der Waals surface area contributed by atoms with Gasteiger partial charge in [-0.1, -0.05) is 30.3 Å². The van der Waals surface area contributed by atoms with E-state index in [-0.39, 0.29) is 36.1 Å². The van der Waals surface area contributed by atoms with E-state index < -0.39 is 23.8 Å². The zero-order valence-electron chi connectivity index (χ0n) is 10.3. The first kappa shape index (κ1) is 14.9. The number of imide groups is 2. The Kier molecular flexibility index (Phi) is 5.07. The molecule has 1 saturated heterocycles. The van der Waals surface area contributed by atoms with Crippen LogP contribution in [0.1, 0.15) is 12.5 Å². The second kappa shape index (κ2) is 6.13. The molecule has 1 aromatic carbocycles. The van der Waals surface area contributed by atoms with E-state index in [2.05, 4.69) is 5.32 Å². The SMILES string of the molecule is CC1C(=O)NC(=O)N(Cc2ccccc2)C1=O.[Na]. The van der Waals surface area contributed by atoms with Crippen LogP contribution in [0.4, 0.5) is 4.79 Å². The van der Waals surface area contributed by atoms with E-state index in [4.69, 9.17) is 0 Å². The molecule has 4 amide bonds. The number of amides is 4. The third-order valence-corrected chi connectivity index (χ3v) is 2.69. The number of urea groups is 1. The summed E-state index contributed by atoms with van der Waals surface area (Å²) in [4.78, 5) is 35.6. The number of barbiturate groups is 1. The Morgan fingerprint density at radius 1 is 1.17 bits per heavy atom. The molecule has 1 atom stereocenters. The number of hydrogen-bond donors (Lipinski definition) is 1. The molecular formula is C12H12N2NaO3. The van der Waals surface area contributed by atoms with Gasteiger partial charge >= 0.3 is 6.03 Å². The van der Waals surface area contributed by atoms with Gasteiger partial charge in [-0.25, -0.2) is 4.79 Å². The predicted octanol–water partition coefficient (Wildman–Crippen LogP) is 0.520. The van der Waals surface area contributed by atoms with Crippen LogP contribution in [-0.4, -0.2) is 52.3 Å². The van der Waals surface area contributed by atoms with Gasteiger partial charge in [0.2, 0.25) is 11.8 Å². The summed E-state index contributed by atoms with van der Waals surface area (Å²) in [5.41, 5.74) is 0.845. The summed E-state index contributed by atoms with van der Waals surface area (Å²) in [5, 5.41) is 2.16. The van der Waals surface area contributed by atoms with Crippen LogP contribution in [0.3, 0.4) is 0 Å². The van der Waals surface area contributed by atoms with Gasteiger partial charge in [0.05, 0.1) is 6.54 Å². The minimum Gasteiger partial charge on any atom is -0.277 e. The molecule has 1 aliphatic rings. The number of carbonyl (C=O) groups excluding carboxylic acids is 3. The van der Waals surface area contributed by atoms with Crippen LogP contribution in [0.2, 0.25) is 0 Å². The summed E-state index contributed by atoms with van der Waals surface area (Å²) in [6.07, 6.45) is 0. The third kappa shape index (κ3) is 2.98. The summed E-state index contributed by atoms with van der Waals surface area (Å²) in [7, 11) is 0. The molecule has 18 heavy (non-hydrogen) atoms. The van der Waals surface area contributed by atoms with E-state index in [0.717, 1.165) is 10.5 Å². The topological polar surface area (TPSA) is 66.5 Å². The smallest absolute Gasteiger partial charge is 0.277 e. The Morgan fingerprint density at radius 2 is 1.78 bits per heavy atom. The Bertz CT molecular complexity index is 475. The number of hydrogen-bond acceptors (Lipinski definition) is 3. The molecule has 0 aromatic heterocycles. The minimum atomic E-state index is -0.809. The predicted molar refractivity (Wildman–Crippen MR) is 65.4 cm³/mol. The number of benzene rings is 1. The van der Waals surface area contributed by atoms with Gasteiger partial charge in [-0.2, -0.15) is 0 Å². The van der Waals surface area contributed by atoms with Crippen LogP contribution in [0, 0.1) is 5.92 Å². The fourth-order valence-corrected chi connectivity index (χ4v) is 1.64. The van der Waals surface area contributed by atoms with E-state index in [1.165, 1.54) is 6.92 Å². The quantitative estimate of drug-likeness (QED) is 0.619. The first-order valence-electron chi connectivity index (χ1n) is 5.29. The van der Waals surface area contributed by atoms with Gasteiger partial charge in [0.25, 0.3) is 0 Å². The van der Waals surface area contributed by atoms with E-state index in [9.17, 15) is 14.4 Å². The summed E-state index contributed by atoms with van der Waals surface area (Å²) in [6.45, 7) is 1.67. The molecule has 1 aliphatic heterocycles. The van der Waals surface area contributed by atoms with Crippen molar-refractivity contribution in [2.75, 3.05) is 0 Å². The number of rotatable bonds is 2. The molecular weight excluding hydrogens is 243 g/mol. The fourth-order valence-electron chi connectivity index (χ4n) is 1.64. The monoisotopic (exact) mass is 255 g/mol. The summed E-state index contributed by atoms with van der Waals surface area (Å²) >= 11 is 0. The van der Waals surface area contributed by atoms with Crippen molar-refractivity contribution in [3.63, 3.8) is 0 Å². The fraction of sp³-hybridized carbons (Fsp3) is 0.250. The molecule has 1 unspecified atom stereocenters. The second-order valence-corrected chi connectivity index (χ2v) is 3.93. The van der Waals surface area contributed by atoms with Crippen molar-refractivity contribution in [1.82, 2.24) is 10.2 Å². The summed E-state index contributed by atoms with van der Waals surface area (Å²) in [6, 6.07) is 8.51. The molecule has 0 spiro atoms. The average Bonchev–Trinajstić information content (AvgIpc) is 2.33. The van der Waals surface area contributed by atoms with Crippen molar-refractivity contribution < 1.29 is 14.4 Å². The first-order chi connectivity index (χ1) is 8.09. The molecule has 1 aromatic rings. The standard InChI is InChI=1S/C12H12N2O3.Na/c1-8-10(15)13-12(17)14(11(8)16)7-9-5-3-2-4-6-9;/h2-6,8H,7H2,1H3,(H,13,15,17);.